The van der Waals surface area contributed by atoms with Crippen molar-refractivity contribution >= 4 is 23.4 Å². The Kier molecular flexibility index (Phi) is 6.70. The number of hydrogen-bond donors (Lipinski definition) is 0. The first-order valence-electron chi connectivity index (χ1n) is 10.8. The zero-order valence-corrected chi connectivity index (χ0v) is 20.5. The van der Waals surface area contributed by atoms with Gasteiger partial charge in [-0.1, -0.05) is 35.6 Å². The van der Waals surface area contributed by atoms with Crippen LogP contribution in [0.25, 0.3) is 6.08 Å². The summed E-state index contributed by atoms with van der Waals surface area (Å²) in [5.74, 6) is 0.936. The van der Waals surface area contributed by atoms with Gasteiger partial charge in [0.1, 0.15) is 11.5 Å². The quantitative estimate of drug-likeness (QED) is 0.509. The van der Waals surface area contributed by atoms with Crippen LogP contribution < -0.4 is 24.4 Å². The second-order valence-electron chi connectivity index (χ2n) is 8.08. The third-order valence-electron chi connectivity index (χ3n) is 5.43. The maximum Gasteiger partial charge on any atom is 0.338 e. The van der Waals surface area contributed by atoms with E-state index in [0.29, 0.717) is 26.4 Å². The summed E-state index contributed by atoms with van der Waals surface area (Å²) >= 11 is 1.29. The van der Waals surface area contributed by atoms with Crippen molar-refractivity contribution in [3.8, 4) is 11.5 Å². The SMILES string of the molecule is COc1ccc(/C=c2\sc3n(c2=O)[C@H](c2ccc(OC)cc2)C(C(=O)OC(C)C)=C(C)N=3)cc1. The maximum atomic E-state index is 13.6. The first-order chi connectivity index (χ1) is 16.3. The minimum Gasteiger partial charge on any atom is -0.497 e. The molecule has 1 atom stereocenters. The van der Waals surface area contributed by atoms with E-state index in [9.17, 15) is 9.59 Å². The predicted molar refractivity (Wildman–Crippen MR) is 131 cm³/mol. The molecule has 0 bridgehead atoms. The minimum absolute atomic E-state index is 0.220. The molecule has 2 aromatic carbocycles. The van der Waals surface area contributed by atoms with Gasteiger partial charge in [0.05, 0.1) is 42.2 Å². The highest BCUT2D eigenvalue weighted by atomic mass is 32.1. The summed E-state index contributed by atoms with van der Waals surface area (Å²) in [6, 6.07) is 14.1. The van der Waals surface area contributed by atoms with E-state index in [0.717, 1.165) is 16.9 Å². The van der Waals surface area contributed by atoms with Crippen LogP contribution in [0.15, 0.2) is 69.6 Å². The Morgan fingerprint density at radius 1 is 1.03 bits per heavy atom. The zero-order chi connectivity index (χ0) is 24.4. The van der Waals surface area contributed by atoms with Crippen LogP contribution in [0.2, 0.25) is 0 Å². The Labute approximate surface area is 201 Å². The van der Waals surface area contributed by atoms with Gasteiger partial charge in [-0.05, 0) is 62.2 Å². The minimum atomic E-state index is -0.661. The molecule has 1 aromatic heterocycles. The molecule has 0 saturated heterocycles. The van der Waals surface area contributed by atoms with Crippen molar-refractivity contribution in [1.82, 2.24) is 4.57 Å². The smallest absolute Gasteiger partial charge is 0.338 e. The van der Waals surface area contributed by atoms with Gasteiger partial charge in [-0.25, -0.2) is 9.79 Å². The van der Waals surface area contributed by atoms with Crippen molar-refractivity contribution in [1.29, 1.82) is 0 Å². The number of fused-ring (bicyclic) bond motifs is 1. The van der Waals surface area contributed by atoms with Crippen molar-refractivity contribution in [2.45, 2.75) is 32.9 Å². The molecule has 0 unspecified atom stereocenters. The molecule has 1 aliphatic rings. The molecule has 0 N–H and O–H groups in total. The molecule has 0 fully saturated rings. The Hall–Kier alpha value is -3.65. The molecule has 176 valence electrons. The normalized spacial score (nSPS) is 15.7. The average Bonchev–Trinajstić information content (AvgIpc) is 3.12. The van der Waals surface area contributed by atoms with Gasteiger partial charge in [-0.3, -0.25) is 9.36 Å². The fraction of sp³-hybridized carbons (Fsp3) is 0.269. The number of hydrogen-bond acceptors (Lipinski definition) is 7. The van der Waals surface area contributed by atoms with E-state index in [1.807, 2.05) is 54.6 Å². The van der Waals surface area contributed by atoms with Crippen LogP contribution in [0.4, 0.5) is 0 Å². The molecule has 3 aromatic rings. The number of ether oxygens (including phenoxy) is 3. The summed E-state index contributed by atoms with van der Waals surface area (Å²) in [7, 11) is 3.20. The fourth-order valence-electron chi connectivity index (χ4n) is 3.81. The number of nitrogens with zero attached hydrogens (tertiary/aromatic N) is 2. The van der Waals surface area contributed by atoms with Gasteiger partial charge in [0.25, 0.3) is 5.56 Å². The van der Waals surface area contributed by atoms with E-state index >= 15 is 0 Å². The standard InChI is InChI=1S/C26H26N2O5S/c1-15(2)33-25(30)22-16(3)27-26-28(23(22)18-8-12-20(32-5)13-9-18)24(29)21(34-26)14-17-6-10-19(31-4)11-7-17/h6-15,23H,1-5H3/b21-14-/t23-/m1/s1. The second-order valence-corrected chi connectivity index (χ2v) is 9.09. The number of thiazole rings is 1. The van der Waals surface area contributed by atoms with Crippen LogP contribution in [0.5, 0.6) is 11.5 Å². The number of carbonyl (C=O) groups is 1. The lowest BCUT2D eigenvalue weighted by atomic mass is 9.96. The molecule has 2 heterocycles. The van der Waals surface area contributed by atoms with Crippen LogP contribution in [-0.2, 0) is 9.53 Å². The van der Waals surface area contributed by atoms with Gasteiger partial charge in [-0.15, -0.1) is 0 Å². The molecule has 7 nitrogen and oxygen atoms in total. The van der Waals surface area contributed by atoms with E-state index in [4.69, 9.17) is 14.2 Å². The third kappa shape index (κ3) is 4.54. The van der Waals surface area contributed by atoms with Gasteiger partial charge >= 0.3 is 5.97 Å². The van der Waals surface area contributed by atoms with Crippen molar-refractivity contribution in [3.63, 3.8) is 0 Å². The molecule has 0 amide bonds. The molecule has 0 radical (unpaired) electrons. The van der Waals surface area contributed by atoms with E-state index in [1.54, 1.807) is 39.6 Å². The molecule has 0 spiro atoms. The van der Waals surface area contributed by atoms with Gasteiger partial charge in [0, 0.05) is 0 Å². The summed E-state index contributed by atoms with van der Waals surface area (Å²) in [6.45, 7) is 5.36. The predicted octanol–water partition coefficient (Wildman–Crippen LogP) is 3.20. The van der Waals surface area contributed by atoms with Crippen molar-refractivity contribution in [2.75, 3.05) is 14.2 Å². The Bertz CT molecular complexity index is 1410. The third-order valence-corrected chi connectivity index (χ3v) is 6.41. The molecule has 4 rings (SSSR count). The summed E-state index contributed by atoms with van der Waals surface area (Å²) in [5.41, 5.74) is 2.29. The average molecular weight is 479 g/mol. The summed E-state index contributed by atoms with van der Waals surface area (Å²) in [5, 5.41) is 0. The lowest BCUT2D eigenvalue weighted by Gasteiger charge is -2.25. The first kappa shape index (κ1) is 23.5. The number of allylic oxidation sites excluding steroid dienone is 1. The molecule has 0 aliphatic carbocycles. The molecule has 34 heavy (non-hydrogen) atoms. The van der Waals surface area contributed by atoms with E-state index in [1.165, 1.54) is 11.3 Å². The highest BCUT2D eigenvalue weighted by Gasteiger charge is 2.33. The van der Waals surface area contributed by atoms with Crippen LogP contribution in [0, 0.1) is 0 Å². The van der Waals surface area contributed by atoms with Crippen LogP contribution in [0.1, 0.15) is 37.9 Å². The largest absolute Gasteiger partial charge is 0.497 e. The lowest BCUT2D eigenvalue weighted by Crippen LogP contribution is -2.40. The second kappa shape index (κ2) is 9.69. The maximum absolute atomic E-state index is 13.6. The van der Waals surface area contributed by atoms with E-state index in [-0.39, 0.29) is 11.7 Å². The monoisotopic (exact) mass is 478 g/mol. The summed E-state index contributed by atoms with van der Waals surface area (Å²) in [6.07, 6.45) is 1.52. The summed E-state index contributed by atoms with van der Waals surface area (Å²) < 4.78 is 18.1. The van der Waals surface area contributed by atoms with E-state index < -0.39 is 12.0 Å². The molecule has 0 saturated carbocycles. The van der Waals surface area contributed by atoms with Crippen LogP contribution >= 0.6 is 11.3 Å². The van der Waals surface area contributed by atoms with Gasteiger partial charge in [0.15, 0.2) is 4.80 Å². The first-order valence-corrected chi connectivity index (χ1v) is 11.7. The number of methoxy groups -OCH3 is 2. The number of benzene rings is 2. The number of esters is 1. The van der Waals surface area contributed by atoms with Crippen LogP contribution in [-0.4, -0.2) is 30.9 Å². The molecule has 8 heteroatoms. The van der Waals surface area contributed by atoms with Crippen molar-refractivity contribution < 1.29 is 19.0 Å². The molecular weight excluding hydrogens is 452 g/mol. The summed E-state index contributed by atoms with van der Waals surface area (Å²) in [4.78, 5) is 31.9. The highest BCUT2D eigenvalue weighted by molar-refractivity contribution is 7.07. The van der Waals surface area contributed by atoms with Crippen molar-refractivity contribution in [2.24, 2.45) is 4.99 Å². The highest BCUT2D eigenvalue weighted by Crippen LogP contribution is 2.31. The Balaban J connectivity index is 1.90. The molecular formula is C26H26N2O5S. The topological polar surface area (TPSA) is 79.1 Å². The number of aromatic nitrogens is 1. The zero-order valence-electron chi connectivity index (χ0n) is 19.7. The Morgan fingerprint density at radius 2 is 1.62 bits per heavy atom. The Morgan fingerprint density at radius 3 is 2.18 bits per heavy atom. The number of carbonyl (C=O) groups excluding carboxylic acids is 1. The van der Waals surface area contributed by atoms with Gasteiger partial charge < -0.3 is 14.2 Å². The van der Waals surface area contributed by atoms with Crippen molar-refractivity contribution in [3.05, 3.63) is 90.6 Å². The van der Waals surface area contributed by atoms with Gasteiger partial charge in [0.2, 0.25) is 0 Å². The molecule has 1 aliphatic heterocycles. The van der Waals surface area contributed by atoms with Gasteiger partial charge in [-0.2, -0.15) is 0 Å². The van der Waals surface area contributed by atoms with Crippen LogP contribution in [0.3, 0.4) is 0 Å². The fourth-order valence-corrected chi connectivity index (χ4v) is 4.86. The number of rotatable bonds is 6. The lowest BCUT2D eigenvalue weighted by molar-refractivity contribution is -0.143. The van der Waals surface area contributed by atoms with E-state index in [2.05, 4.69) is 4.99 Å².